The smallest absolute Gasteiger partial charge is 0.251 e. The van der Waals surface area contributed by atoms with Crippen LogP contribution in [-0.2, 0) is 0 Å². The number of aromatic amines is 1. The molecule has 0 spiro atoms. The molecule has 8 heteroatoms. The Labute approximate surface area is 193 Å². The van der Waals surface area contributed by atoms with Gasteiger partial charge >= 0.3 is 0 Å². The fourth-order valence-electron chi connectivity index (χ4n) is 3.94. The number of aromatic nitrogens is 2. The molecule has 2 N–H and O–H groups in total. The molecular weight excluding hydrogens is 420 g/mol. The molecule has 1 aliphatic heterocycles. The van der Waals surface area contributed by atoms with E-state index in [1.807, 2.05) is 44.2 Å². The molecule has 1 atom stereocenters. The van der Waals surface area contributed by atoms with Crippen molar-refractivity contribution in [2.75, 3.05) is 38.3 Å². The highest BCUT2D eigenvalue weighted by atomic mass is 16.5. The van der Waals surface area contributed by atoms with Crippen LogP contribution < -0.4 is 24.4 Å². The summed E-state index contributed by atoms with van der Waals surface area (Å²) in [5, 5.41) is 10.7. The van der Waals surface area contributed by atoms with E-state index in [-0.39, 0.29) is 11.9 Å². The van der Waals surface area contributed by atoms with Crippen molar-refractivity contribution in [2.24, 2.45) is 0 Å². The number of carbonyl (C=O) groups is 1. The molecule has 2 heterocycles. The Kier molecular flexibility index (Phi) is 7.02. The summed E-state index contributed by atoms with van der Waals surface area (Å²) in [6.45, 7) is 6.40. The molecule has 1 aromatic heterocycles. The van der Waals surface area contributed by atoms with Crippen LogP contribution in [0.1, 0.15) is 30.6 Å². The van der Waals surface area contributed by atoms with E-state index >= 15 is 0 Å². The number of nitrogens with zero attached hydrogens (tertiary/aromatic N) is 2. The molecule has 3 aromatic rings. The number of anilines is 1. The lowest BCUT2D eigenvalue weighted by Crippen LogP contribution is -2.37. The predicted octanol–water partition coefficient (Wildman–Crippen LogP) is 3.89. The molecule has 0 bridgehead atoms. The maximum atomic E-state index is 12.9. The molecule has 1 unspecified atom stereocenters. The third-order valence-electron chi connectivity index (χ3n) is 5.62. The number of hydrogen-bond donors (Lipinski definition) is 2. The van der Waals surface area contributed by atoms with Crippen LogP contribution >= 0.6 is 0 Å². The first-order chi connectivity index (χ1) is 16.1. The summed E-state index contributed by atoms with van der Waals surface area (Å²) in [4.78, 5) is 15.0. The molecule has 2 aromatic carbocycles. The van der Waals surface area contributed by atoms with Gasteiger partial charge in [0.1, 0.15) is 5.75 Å². The fourth-order valence-corrected chi connectivity index (χ4v) is 3.94. The third kappa shape index (κ3) is 5.22. The van der Waals surface area contributed by atoms with Gasteiger partial charge in [-0.05, 0) is 68.3 Å². The maximum Gasteiger partial charge on any atom is 0.251 e. The van der Waals surface area contributed by atoms with Crippen LogP contribution in [0.15, 0.2) is 48.5 Å². The minimum absolute atomic E-state index is 0.0424. The Morgan fingerprint density at radius 2 is 1.85 bits per heavy atom. The van der Waals surface area contributed by atoms with E-state index in [9.17, 15) is 4.79 Å². The Bertz CT molecular complexity index is 1080. The standard InChI is InChI=1S/C25H30N4O4/c1-4-32-22-11-8-18(14-23(22)33-5-2)25(30)26-19-12-13-29(16-19)24-15-21(27-28-24)17-6-9-20(31-3)10-7-17/h6-11,14-15,19H,4-5,12-13,16H2,1-3H3,(H,26,30)(H,27,28). The predicted molar refractivity (Wildman–Crippen MR) is 127 cm³/mol. The zero-order valence-corrected chi connectivity index (χ0v) is 19.3. The minimum Gasteiger partial charge on any atom is -0.497 e. The second-order valence-electron chi connectivity index (χ2n) is 7.80. The van der Waals surface area contributed by atoms with Gasteiger partial charge in [0.15, 0.2) is 17.3 Å². The van der Waals surface area contributed by atoms with Gasteiger partial charge in [0.25, 0.3) is 5.91 Å². The van der Waals surface area contributed by atoms with Crippen LogP contribution in [0.4, 0.5) is 5.82 Å². The van der Waals surface area contributed by atoms with E-state index in [4.69, 9.17) is 14.2 Å². The van der Waals surface area contributed by atoms with Crippen molar-refractivity contribution in [3.63, 3.8) is 0 Å². The summed E-state index contributed by atoms with van der Waals surface area (Å²) in [5.74, 6) is 2.80. The first-order valence-corrected chi connectivity index (χ1v) is 11.3. The molecule has 0 saturated carbocycles. The van der Waals surface area contributed by atoms with Gasteiger partial charge in [-0.1, -0.05) is 0 Å². The normalized spacial score (nSPS) is 15.4. The lowest BCUT2D eigenvalue weighted by molar-refractivity contribution is 0.0940. The number of nitrogens with one attached hydrogen (secondary N) is 2. The van der Waals surface area contributed by atoms with Crippen molar-refractivity contribution >= 4 is 11.7 Å². The van der Waals surface area contributed by atoms with Crippen molar-refractivity contribution in [2.45, 2.75) is 26.3 Å². The highest BCUT2D eigenvalue weighted by Crippen LogP contribution is 2.29. The van der Waals surface area contributed by atoms with E-state index in [1.54, 1.807) is 25.3 Å². The second-order valence-corrected chi connectivity index (χ2v) is 7.80. The summed E-state index contributed by atoms with van der Waals surface area (Å²) >= 11 is 0. The molecular formula is C25H30N4O4. The topological polar surface area (TPSA) is 88.7 Å². The molecule has 4 rings (SSSR count). The Morgan fingerprint density at radius 3 is 2.58 bits per heavy atom. The largest absolute Gasteiger partial charge is 0.497 e. The van der Waals surface area contributed by atoms with E-state index in [0.717, 1.165) is 35.8 Å². The molecule has 174 valence electrons. The first kappa shape index (κ1) is 22.5. The average Bonchev–Trinajstić information content (AvgIpc) is 3.50. The van der Waals surface area contributed by atoms with Gasteiger partial charge in [0, 0.05) is 30.8 Å². The van der Waals surface area contributed by atoms with Crippen LogP contribution in [0.5, 0.6) is 17.2 Å². The van der Waals surface area contributed by atoms with Gasteiger partial charge in [-0.3, -0.25) is 9.89 Å². The van der Waals surface area contributed by atoms with Gasteiger partial charge in [-0.25, -0.2) is 0 Å². The first-order valence-electron chi connectivity index (χ1n) is 11.3. The second kappa shape index (κ2) is 10.3. The van der Waals surface area contributed by atoms with Crippen molar-refractivity contribution in [3.8, 4) is 28.5 Å². The molecule has 0 radical (unpaired) electrons. The van der Waals surface area contributed by atoms with E-state index in [2.05, 4.69) is 20.4 Å². The highest BCUT2D eigenvalue weighted by molar-refractivity contribution is 5.95. The molecule has 33 heavy (non-hydrogen) atoms. The van der Waals surface area contributed by atoms with Gasteiger partial charge in [-0.15, -0.1) is 0 Å². The summed E-state index contributed by atoms with van der Waals surface area (Å²) in [6.07, 6.45) is 0.853. The van der Waals surface area contributed by atoms with Crippen LogP contribution in [0.2, 0.25) is 0 Å². The maximum absolute atomic E-state index is 12.9. The number of H-pyrrole nitrogens is 1. The van der Waals surface area contributed by atoms with Crippen LogP contribution in [0, 0.1) is 0 Å². The van der Waals surface area contributed by atoms with Crippen molar-refractivity contribution in [1.82, 2.24) is 15.5 Å². The molecule has 1 amide bonds. The summed E-state index contributed by atoms with van der Waals surface area (Å²) in [7, 11) is 1.65. The van der Waals surface area contributed by atoms with Gasteiger partial charge in [0.2, 0.25) is 0 Å². The zero-order chi connectivity index (χ0) is 23.2. The Balaban J connectivity index is 1.38. The Morgan fingerprint density at radius 1 is 1.09 bits per heavy atom. The number of hydrogen-bond acceptors (Lipinski definition) is 6. The quantitative estimate of drug-likeness (QED) is 0.514. The summed E-state index contributed by atoms with van der Waals surface area (Å²) in [5.41, 5.74) is 2.54. The SMILES string of the molecule is CCOc1ccc(C(=O)NC2CCN(c3cc(-c4ccc(OC)cc4)[nH]n3)C2)cc1OCC. The summed E-state index contributed by atoms with van der Waals surface area (Å²) in [6, 6.07) is 15.2. The van der Waals surface area contributed by atoms with Gasteiger partial charge < -0.3 is 24.4 Å². The number of benzene rings is 2. The van der Waals surface area contributed by atoms with Gasteiger partial charge in [-0.2, -0.15) is 5.10 Å². The lowest BCUT2D eigenvalue weighted by atomic mass is 10.1. The van der Waals surface area contributed by atoms with Gasteiger partial charge in [0.05, 0.1) is 26.0 Å². The van der Waals surface area contributed by atoms with Crippen LogP contribution in [0.3, 0.4) is 0 Å². The number of methoxy groups -OCH3 is 1. The van der Waals surface area contributed by atoms with E-state index < -0.39 is 0 Å². The lowest BCUT2D eigenvalue weighted by Gasteiger charge is -2.17. The number of carbonyl (C=O) groups excluding carboxylic acids is 1. The molecule has 1 fully saturated rings. The molecule has 1 aliphatic rings. The number of rotatable bonds is 9. The summed E-state index contributed by atoms with van der Waals surface area (Å²) < 4.78 is 16.5. The van der Waals surface area contributed by atoms with Crippen molar-refractivity contribution in [3.05, 3.63) is 54.1 Å². The highest BCUT2D eigenvalue weighted by Gasteiger charge is 2.26. The number of amides is 1. The Hall–Kier alpha value is -3.68. The number of ether oxygens (including phenoxy) is 3. The minimum atomic E-state index is -0.119. The molecule has 8 nitrogen and oxygen atoms in total. The van der Waals surface area contributed by atoms with E-state index in [0.29, 0.717) is 36.8 Å². The molecule has 1 saturated heterocycles. The van der Waals surface area contributed by atoms with Crippen LogP contribution in [-0.4, -0.2) is 55.6 Å². The molecule has 0 aliphatic carbocycles. The average molecular weight is 451 g/mol. The fraction of sp³-hybridized carbons (Fsp3) is 0.360. The van der Waals surface area contributed by atoms with Crippen molar-refractivity contribution in [1.29, 1.82) is 0 Å². The van der Waals surface area contributed by atoms with E-state index in [1.165, 1.54) is 0 Å². The third-order valence-corrected chi connectivity index (χ3v) is 5.62. The monoisotopic (exact) mass is 450 g/mol. The zero-order valence-electron chi connectivity index (χ0n) is 19.3. The van der Waals surface area contributed by atoms with Crippen LogP contribution in [0.25, 0.3) is 11.3 Å². The van der Waals surface area contributed by atoms with Crippen molar-refractivity contribution < 1.29 is 19.0 Å².